The predicted octanol–water partition coefficient (Wildman–Crippen LogP) is 3.26. The molecule has 1 aromatic rings. The van der Waals surface area contributed by atoms with Crippen LogP contribution in [-0.4, -0.2) is 7.11 Å². The van der Waals surface area contributed by atoms with Gasteiger partial charge in [-0.2, -0.15) is 0 Å². The average molecular weight is 258 g/mol. The Labute approximate surface area is 93.6 Å². The van der Waals surface area contributed by atoms with Gasteiger partial charge in [0.05, 0.1) is 7.11 Å². The van der Waals surface area contributed by atoms with Crippen molar-refractivity contribution >= 4 is 15.9 Å². The van der Waals surface area contributed by atoms with Gasteiger partial charge in [-0.25, -0.2) is 0 Å². The first-order valence-corrected chi connectivity index (χ1v) is 5.57. The maximum Gasteiger partial charge on any atom is 0.124 e. The summed E-state index contributed by atoms with van der Waals surface area (Å²) < 4.78 is 6.30. The number of rotatable bonds is 4. The molecule has 0 spiro atoms. The van der Waals surface area contributed by atoms with Gasteiger partial charge >= 0.3 is 0 Å². The van der Waals surface area contributed by atoms with Crippen LogP contribution < -0.4 is 10.5 Å². The van der Waals surface area contributed by atoms with Crippen molar-refractivity contribution in [3.8, 4) is 5.75 Å². The van der Waals surface area contributed by atoms with E-state index in [1.54, 1.807) is 7.11 Å². The van der Waals surface area contributed by atoms with Crippen LogP contribution in [0.5, 0.6) is 5.75 Å². The molecular weight excluding hydrogens is 242 g/mol. The van der Waals surface area contributed by atoms with E-state index in [4.69, 9.17) is 10.5 Å². The Kier molecular flexibility index (Phi) is 4.42. The molecule has 2 nitrogen and oxygen atoms in total. The highest BCUT2D eigenvalue weighted by Crippen LogP contribution is 2.29. The molecule has 0 aliphatic carbocycles. The first-order valence-electron chi connectivity index (χ1n) is 4.78. The van der Waals surface area contributed by atoms with Crippen molar-refractivity contribution < 1.29 is 4.74 Å². The highest BCUT2D eigenvalue weighted by atomic mass is 79.9. The van der Waals surface area contributed by atoms with Crippen LogP contribution in [0.25, 0.3) is 0 Å². The second kappa shape index (κ2) is 5.37. The number of ether oxygens (including phenoxy) is 1. The average Bonchev–Trinajstić information content (AvgIpc) is 2.17. The number of hydrogen-bond donors (Lipinski definition) is 1. The van der Waals surface area contributed by atoms with Crippen molar-refractivity contribution in [2.75, 3.05) is 7.11 Å². The van der Waals surface area contributed by atoms with Crippen LogP contribution in [0.4, 0.5) is 0 Å². The van der Waals surface area contributed by atoms with E-state index < -0.39 is 0 Å². The van der Waals surface area contributed by atoms with Gasteiger partial charge in [0.2, 0.25) is 0 Å². The molecule has 1 aromatic carbocycles. The molecule has 1 atom stereocenters. The molecule has 0 heterocycles. The molecule has 0 radical (unpaired) electrons. The van der Waals surface area contributed by atoms with E-state index in [0.717, 1.165) is 28.6 Å². The first-order chi connectivity index (χ1) is 6.69. The van der Waals surface area contributed by atoms with Crippen molar-refractivity contribution in [1.29, 1.82) is 0 Å². The molecular formula is C11H16BrNO. The maximum atomic E-state index is 6.04. The largest absolute Gasteiger partial charge is 0.496 e. The van der Waals surface area contributed by atoms with E-state index in [0.29, 0.717) is 0 Å². The zero-order valence-corrected chi connectivity index (χ0v) is 10.2. The quantitative estimate of drug-likeness (QED) is 0.899. The van der Waals surface area contributed by atoms with E-state index in [9.17, 15) is 0 Å². The van der Waals surface area contributed by atoms with E-state index in [2.05, 4.69) is 22.9 Å². The van der Waals surface area contributed by atoms with Crippen LogP contribution >= 0.6 is 15.9 Å². The van der Waals surface area contributed by atoms with Gasteiger partial charge in [0.1, 0.15) is 5.75 Å². The molecule has 0 saturated heterocycles. The van der Waals surface area contributed by atoms with Gasteiger partial charge < -0.3 is 10.5 Å². The zero-order valence-electron chi connectivity index (χ0n) is 8.59. The molecule has 2 N–H and O–H groups in total. The van der Waals surface area contributed by atoms with Crippen LogP contribution in [-0.2, 0) is 0 Å². The summed E-state index contributed by atoms with van der Waals surface area (Å²) in [5.74, 6) is 0.861. The summed E-state index contributed by atoms with van der Waals surface area (Å²) in [6, 6.07) is 6.03. The minimum absolute atomic E-state index is 0.0723. The highest BCUT2D eigenvalue weighted by molar-refractivity contribution is 9.10. The summed E-state index contributed by atoms with van der Waals surface area (Å²) in [6.07, 6.45) is 2.07. The summed E-state index contributed by atoms with van der Waals surface area (Å²) >= 11 is 3.40. The molecule has 1 rings (SSSR count). The highest BCUT2D eigenvalue weighted by Gasteiger charge is 2.10. The summed E-state index contributed by atoms with van der Waals surface area (Å²) in [6.45, 7) is 2.13. The van der Waals surface area contributed by atoms with E-state index in [-0.39, 0.29) is 6.04 Å². The lowest BCUT2D eigenvalue weighted by atomic mass is 10.0. The van der Waals surface area contributed by atoms with Crippen molar-refractivity contribution in [3.63, 3.8) is 0 Å². The van der Waals surface area contributed by atoms with E-state index >= 15 is 0 Å². The lowest BCUT2D eigenvalue weighted by Gasteiger charge is -2.15. The molecule has 3 heteroatoms. The Morgan fingerprint density at radius 2 is 2.21 bits per heavy atom. The molecule has 0 aliphatic heterocycles. The first kappa shape index (κ1) is 11.5. The van der Waals surface area contributed by atoms with Gasteiger partial charge in [0.25, 0.3) is 0 Å². The van der Waals surface area contributed by atoms with Crippen molar-refractivity contribution in [2.45, 2.75) is 25.8 Å². The predicted molar refractivity (Wildman–Crippen MR) is 62.5 cm³/mol. The second-order valence-electron chi connectivity index (χ2n) is 3.28. The molecule has 0 bridgehead atoms. The van der Waals surface area contributed by atoms with Crippen LogP contribution in [0.1, 0.15) is 31.4 Å². The van der Waals surface area contributed by atoms with Gasteiger partial charge in [-0.15, -0.1) is 0 Å². The smallest absolute Gasteiger partial charge is 0.124 e. The van der Waals surface area contributed by atoms with E-state index in [1.807, 2.05) is 18.2 Å². The Morgan fingerprint density at radius 3 is 2.79 bits per heavy atom. The Balaban J connectivity index is 2.95. The monoisotopic (exact) mass is 257 g/mol. The lowest BCUT2D eigenvalue weighted by Crippen LogP contribution is -2.11. The third-order valence-electron chi connectivity index (χ3n) is 2.19. The molecule has 78 valence electrons. The molecule has 0 unspecified atom stereocenters. The molecule has 0 aromatic heterocycles. The minimum Gasteiger partial charge on any atom is -0.496 e. The fourth-order valence-electron chi connectivity index (χ4n) is 1.46. The molecule has 0 aliphatic rings. The normalized spacial score (nSPS) is 12.6. The number of nitrogens with two attached hydrogens (primary N) is 1. The third kappa shape index (κ3) is 2.72. The fraction of sp³-hybridized carbons (Fsp3) is 0.455. The fourth-order valence-corrected chi connectivity index (χ4v) is 1.80. The molecule has 0 amide bonds. The van der Waals surface area contributed by atoms with Crippen molar-refractivity contribution in [3.05, 3.63) is 28.2 Å². The number of hydrogen-bond acceptors (Lipinski definition) is 2. The van der Waals surface area contributed by atoms with Gasteiger partial charge in [-0.05, 0) is 18.6 Å². The standard InChI is InChI=1S/C11H16BrNO/c1-3-4-10(13)9-6-5-8(12)7-11(9)14-2/h5-7,10H,3-4,13H2,1-2H3/t10-/m1/s1. The Bertz CT molecular complexity index is 301. The van der Waals surface area contributed by atoms with Gasteiger partial charge in [-0.3, -0.25) is 0 Å². The summed E-state index contributed by atoms with van der Waals surface area (Å²) in [5, 5.41) is 0. The summed E-state index contributed by atoms with van der Waals surface area (Å²) in [5.41, 5.74) is 7.12. The SMILES string of the molecule is CCC[C@@H](N)c1ccc(Br)cc1OC. The molecule has 0 fully saturated rings. The van der Waals surface area contributed by atoms with Crippen molar-refractivity contribution in [1.82, 2.24) is 0 Å². The van der Waals surface area contributed by atoms with Gasteiger partial charge in [0, 0.05) is 16.1 Å². The van der Waals surface area contributed by atoms with Crippen LogP contribution in [0.3, 0.4) is 0 Å². The number of methoxy groups -OCH3 is 1. The summed E-state index contributed by atoms with van der Waals surface area (Å²) in [7, 11) is 1.67. The minimum atomic E-state index is 0.0723. The topological polar surface area (TPSA) is 35.2 Å². The summed E-state index contributed by atoms with van der Waals surface area (Å²) in [4.78, 5) is 0. The molecule has 0 saturated carbocycles. The number of halogens is 1. The maximum absolute atomic E-state index is 6.04. The van der Waals surface area contributed by atoms with Gasteiger partial charge in [-0.1, -0.05) is 35.3 Å². The Hall–Kier alpha value is -0.540. The second-order valence-corrected chi connectivity index (χ2v) is 4.20. The van der Waals surface area contributed by atoms with Gasteiger partial charge in [0.15, 0.2) is 0 Å². The zero-order chi connectivity index (χ0) is 10.6. The third-order valence-corrected chi connectivity index (χ3v) is 2.69. The number of benzene rings is 1. The van der Waals surface area contributed by atoms with Crippen LogP contribution in [0.15, 0.2) is 22.7 Å². The van der Waals surface area contributed by atoms with Crippen molar-refractivity contribution in [2.24, 2.45) is 5.73 Å². The van der Waals surface area contributed by atoms with Crippen LogP contribution in [0, 0.1) is 0 Å². The Morgan fingerprint density at radius 1 is 1.50 bits per heavy atom. The molecule has 14 heavy (non-hydrogen) atoms. The lowest BCUT2D eigenvalue weighted by molar-refractivity contribution is 0.403. The van der Waals surface area contributed by atoms with E-state index in [1.165, 1.54) is 0 Å². The van der Waals surface area contributed by atoms with Crippen LogP contribution in [0.2, 0.25) is 0 Å².